The summed E-state index contributed by atoms with van der Waals surface area (Å²) in [5.74, 6) is -4.11. The van der Waals surface area contributed by atoms with E-state index in [1.54, 1.807) is 0 Å². The third kappa shape index (κ3) is 10.1. The molecule has 0 heterocycles. The number of carboxylic acids is 1. The number of thioether (sulfide) groups is 1. The van der Waals surface area contributed by atoms with Gasteiger partial charge >= 0.3 is 5.97 Å². The van der Waals surface area contributed by atoms with Crippen LogP contribution in [-0.2, 0) is 24.0 Å². The molecule has 13 heteroatoms. The van der Waals surface area contributed by atoms with Gasteiger partial charge in [-0.3, -0.25) is 19.2 Å². The SMILES string of the molecule is CSCCC(N)C(=O)NC(CC(N)=O)C(=O)NC(C)C(=O)NC(C(=O)O)C(C)O. The monoisotopic (exact) mass is 435 g/mol. The van der Waals surface area contributed by atoms with Crippen molar-refractivity contribution in [2.75, 3.05) is 12.0 Å². The second-order valence-corrected chi connectivity index (χ2v) is 7.40. The van der Waals surface area contributed by atoms with E-state index in [1.807, 2.05) is 6.26 Å². The highest BCUT2D eigenvalue weighted by molar-refractivity contribution is 7.98. The lowest BCUT2D eigenvalue weighted by atomic mass is 10.1. The Labute approximate surface area is 172 Å². The first kappa shape index (κ1) is 26.6. The van der Waals surface area contributed by atoms with Crippen LogP contribution in [-0.4, -0.2) is 82.1 Å². The van der Waals surface area contributed by atoms with E-state index in [9.17, 15) is 29.1 Å². The average Bonchev–Trinajstić information content (AvgIpc) is 2.61. The van der Waals surface area contributed by atoms with Gasteiger partial charge in [0.05, 0.1) is 18.6 Å². The standard InChI is InChI=1S/C16H29N5O7S/c1-7(13(24)21-12(8(2)22)16(27)28)19-15(26)10(6-11(18)23)20-14(25)9(17)4-5-29-3/h7-10,12,22H,4-6,17H2,1-3H3,(H2,18,23)(H,19,26)(H,20,25)(H,21,24)(H,27,28). The zero-order chi connectivity index (χ0) is 22.7. The number of amides is 4. The number of hydrogen-bond donors (Lipinski definition) is 7. The van der Waals surface area contributed by atoms with Gasteiger partial charge in [-0.25, -0.2) is 4.79 Å². The van der Waals surface area contributed by atoms with Crippen molar-refractivity contribution >= 4 is 41.4 Å². The lowest BCUT2D eigenvalue weighted by Crippen LogP contribution is -2.58. The molecule has 0 fully saturated rings. The summed E-state index contributed by atoms with van der Waals surface area (Å²) >= 11 is 1.49. The molecule has 12 nitrogen and oxygen atoms in total. The van der Waals surface area contributed by atoms with Gasteiger partial charge in [0.25, 0.3) is 0 Å². The first-order chi connectivity index (χ1) is 13.4. The van der Waals surface area contributed by atoms with E-state index >= 15 is 0 Å². The van der Waals surface area contributed by atoms with Crippen molar-refractivity contribution in [1.82, 2.24) is 16.0 Å². The molecule has 166 valence electrons. The number of hydrogen-bond acceptors (Lipinski definition) is 8. The van der Waals surface area contributed by atoms with Crippen LogP contribution >= 0.6 is 11.8 Å². The molecule has 0 aliphatic carbocycles. The third-order valence-electron chi connectivity index (χ3n) is 3.81. The Bertz CT molecular complexity index is 616. The van der Waals surface area contributed by atoms with Gasteiger partial charge < -0.3 is 37.6 Å². The van der Waals surface area contributed by atoms with Crippen LogP contribution in [0, 0.1) is 0 Å². The maximum Gasteiger partial charge on any atom is 0.328 e. The second kappa shape index (κ2) is 13.0. The van der Waals surface area contributed by atoms with Gasteiger partial charge in [0, 0.05) is 0 Å². The number of carbonyl (C=O) groups excluding carboxylic acids is 4. The van der Waals surface area contributed by atoms with Gasteiger partial charge in [-0.1, -0.05) is 0 Å². The highest BCUT2D eigenvalue weighted by Crippen LogP contribution is 2.01. The quantitative estimate of drug-likeness (QED) is 0.155. The number of carboxylic acid groups (broad SMARTS) is 1. The van der Waals surface area contributed by atoms with Crippen LogP contribution in [0.25, 0.3) is 0 Å². The minimum Gasteiger partial charge on any atom is -0.480 e. The summed E-state index contributed by atoms with van der Waals surface area (Å²) in [7, 11) is 0. The minimum atomic E-state index is -1.57. The Kier molecular flexibility index (Phi) is 11.9. The summed E-state index contributed by atoms with van der Waals surface area (Å²) in [5, 5.41) is 25.0. The molecule has 0 aromatic rings. The van der Waals surface area contributed by atoms with Gasteiger partial charge in [-0.2, -0.15) is 11.8 Å². The topological polar surface area (TPSA) is 214 Å². The van der Waals surface area contributed by atoms with Crippen molar-refractivity contribution < 1.29 is 34.2 Å². The maximum atomic E-state index is 12.4. The number of carbonyl (C=O) groups is 5. The molecular formula is C16H29N5O7S. The Morgan fingerprint density at radius 3 is 2.03 bits per heavy atom. The molecule has 4 amide bonds. The second-order valence-electron chi connectivity index (χ2n) is 6.41. The van der Waals surface area contributed by atoms with Crippen molar-refractivity contribution in [2.24, 2.45) is 11.5 Å². The summed E-state index contributed by atoms with van der Waals surface area (Å²) in [5.41, 5.74) is 10.8. The number of rotatable bonds is 13. The van der Waals surface area contributed by atoms with E-state index in [1.165, 1.54) is 25.6 Å². The predicted octanol–water partition coefficient (Wildman–Crippen LogP) is -3.12. The number of aliphatic carboxylic acids is 1. The first-order valence-corrected chi connectivity index (χ1v) is 10.1. The molecule has 0 aliphatic heterocycles. The van der Waals surface area contributed by atoms with E-state index in [-0.39, 0.29) is 0 Å². The molecule has 9 N–H and O–H groups in total. The van der Waals surface area contributed by atoms with Gasteiger partial charge in [0.1, 0.15) is 12.1 Å². The highest BCUT2D eigenvalue weighted by atomic mass is 32.2. The summed E-state index contributed by atoms with van der Waals surface area (Å²) < 4.78 is 0. The van der Waals surface area contributed by atoms with Crippen LogP contribution < -0.4 is 27.4 Å². The van der Waals surface area contributed by atoms with Crippen LogP contribution in [0.4, 0.5) is 0 Å². The Balaban J connectivity index is 5.03. The number of aliphatic hydroxyl groups is 1. The van der Waals surface area contributed by atoms with Crippen molar-refractivity contribution in [1.29, 1.82) is 0 Å². The molecule has 0 aromatic heterocycles. The van der Waals surface area contributed by atoms with Crippen LogP contribution in [0.1, 0.15) is 26.7 Å². The fourth-order valence-electron chi connectivity index (χ4n) is 2.11. The molecule has 0 aliphatic rings. The Morgan fingerprint density at radius 2 is 1.59 bits per heavy atom. The zero-order valence-electron chi connectivity index (χ0n) is 16.5. The fraction of sp³-hybridized carbons (Fsp3) is 0.688. The molecule has 0 aromatic carbocycles. The van der Waals surface area contributed by atoms with Crippen molar-refractivity contribution in [3.05, 3.63) is 0 Å². The Morgan fingerprint density at radius 1 is 1.00 bits per heavy atom. The van der Waals surface area contributed by atoms with Crippen LogP contribution in [0.15, 0.2) is 0 Å². The van der Waals surface area contributed by atoms with E-state index in [0.29, 0.717) is 12.2 Å². The third-order valence-corrected chi connectivity index (χ3v) is 4.45. The van der Waals surface area contributed by atoms with Gasteiger partial charge in [-0.05, 0) is 32.3 Å². The lowest BCUT2D eigenvalue weighted by molar-refractivity contribution is -0.145. The van der Waals surface area contributed by atoms with E-state index < -0.39 is 66.3 Å². The van der Waals surface area contributed by atoms with Crippen molar-refractivity contribution in [3.8, 4) is 0 Å². The summed E-state index contributed by atoms with van der Waals surface area (Å²) in [6.45, 7) is 2.45. The smallest absolute Gasteiger partial charge is 0.328 e. The van der Waals surface area contributed by atoms with Gasteiger partial charge in [0.2, 0.25) is 23.6 Å². The van der Waals surface area contributed by atoms with Crippen LogP contribution in [0.5, 0.6) is 0 Å². The van der Waals surface area contributed by atoms with Gasteiger partial charge in [0.15, 0.2) is 6.04 Å². The molecule has 5 unspecified atom stereocenters. The minimum absolute atomic E-state index is 0.354. The molecular weight excluding hydrogens is 406 g/mol. The summed E-state index contributed by atoms with van der Waals surface area (Å²) in [6.07, 6.45) is 0.301. The summed E-state index contributed by atoms with van der Waals surface area (Å²) in [6, 6.07) is -5.05. The lowest BCUT2D eigenvalue weighted by Gasteiger charge is -2.23. The van der Waals surface area contributed by atoms with Crippen molar-refractivity contribution in [2.45, 2.75) is 57.0 Å². The molecule has 0 saturated carbocycles. The molecule has 0 spiro atoms. The number of nitrogens with one attached hydrogen (secondary N) is 3. The number of nitrogens with two attached hydrogens (primary N) is 2. The Hall–Kier alpha value is -2.38. The van der Waals surface area contributed by atoms with E-state index in [0.717, 1.165) is 0 Å². The van der Waals surface area contributed by atoms with E-state index in [4.69, 9.17) is 16.6 Å². The first-order valence-electron chi connectivity index (χ1n) is 8.75. The molecule has 0 bridgehead atoms. The summed E-state index contributed by atoms with van der Waals surface area (Å²) in [4.78, 5) is 58.9. The largest absolute Gasteiger partial charge is 0.480 e. The number of aliphatic hydroxyl groups excluding tert-OH is 1. The van der Waals surface area contributed by atoms with Crippen molar-refractivity contribution in [3.63, 3.8) is 0 Å². The molecule has 29 heavy (non-hydrogen) atoms. The fourth-order valence-corrected chi connectivity index (χ4v) is 2.60. The predicted molar refractivity (Wildman–Crippen MR) is 106 cm³/mol. The molecule has 0 rings (SSSR count). The average molecular weight is 436 g/mol. The zero-order valence-corrected chi connectivity index (χ0v) is 17.3. The molecule has 5 atom stereocenters. The van der Waals surface area contributed by atoms with Crippen LogP contribution in [0.3, 0.4) is 0 Å². The van der Waals surface area contributed by atoms with E-state index in [2.05, 4.69) is 16.0 Å². The normalized spacial score (nSPS) is 15.9. The van der Waals surface area contributed by atoms with Crippen LogP contribution in [0.2, 0.25) is 0 Å². The van der Waals surface area contributed by atoms with Gasteiger partial charge in [-0.15, -0.1) is 0 Å². The maximum absolute atomic E-state index is 12.4. The molecule has 0 radical (unpaired) electrons. The molecule has 0 saturated heterocycles. The highest BCUT2D eigenvalue weighted by Gasteiger charge is 2.30. The number of primary amides is 1.